The summed E-state index contributed by atoms with van der Waals surface area (Å²) in [5.74, 6) is 0. The number of fused-ring (bicyclic) bond motifs is 6. The molecule has 0 bridgehead atoms. The van der Waals surface area contributed by atoms with E-state index in [4.69, 9.17) is 0 Å². The van der Waals surface area contributed by atoms with Crippen molar-refractivity contribution in [3.05, 3.63) is 203 Å². The number of allylic oxidation sites excluding steroid dienone is 4. The normalized spacial score (nSPS) is 15.5. The van der Waals surface area contributed by atoms with Crippen LogP contribution in [0.25, 0.3) is 50.1 Å². The molecule has 0 fully saturated rings. The molecule has 0 aromatic heterocycles. The predicted octanol–water partition coefficient (Wildman–Crippen LogP) is 16.1. The van der Waals surface area contributed by atoms with E-state index in [-0.39, 0.29) is 10.8 Å². The molecule has 59 heavy (non-hydrogen) atoms. The van der Waals surface area contributed by atoms with E-state index < -0.39 is 19.8 Å². The van der Waals surface area contributed by atoms with Gasteiger partial charge in [-0.2, -0.15) is 0 Å². The van der Waals surface area contributed by atoms with Crippen LogP contribution in [0.15, 0.2) is 170 Å². The second-order valence-corrected chi connectivity index (χ2v) is 23.8. The first-order valence-corrected chi connectivity index (χ1v) is 26.9. The van der Waals surface area contributed by atoms with Crippen LogP contribution in [0.1, 0.15) is 73.9 Å². The number of benzene rings is 7. The van der Waals surface area contributed by atoms with Crippen molar-refractivity contribution in [1.29, 1.82) is 0 Å². The molecular weight excluding hydrogens is 826 g/mol. The summed E-state index contributed by atoms with van der Waals surface area (Å²) in [7, 11) is 0. The zero-order valence-electron chi connectivity index (χ0n) is 35.1. The number of para-hydroxylation sites is 1. The van der Waals surface area contributed by atoms with Gasteiger partial charge < -0.3 is 4.90 Å². The van der Waals surface area contributed by atoms with Crippen LogP contribution in [-0.2, 0) is 15.3 Å². The monoisotopic (exact) mass is 877 g/mol. The maximum atomic E-state index is 2.56. The molecule has 7 aromatic rings. The van der Waals surface area contributed by atoms with Crippen molar-refractivity contribution in [3.8, 4) is 44.5 Å². The summed E-state index contributed by atoms with van der Waals surface area (Å²) in [5.41, 5.74) is 24.1. The molecule has 10 rings (SSSR count). The van der Waals surface area contributed by atoms with Crippen molar-refractivity contribution in [3.63, 3.8) is 0 Å². The average molecular weight is 878 g/mol. The molecule has 0 spiro atoms. The van der Waals surface area contributed by atoms with Gasteiger partial charge in [-0.3, -0.25) is 0 Å². The standard InChI is InChI=1S/C57H52IN/c1-56(2)51-20-14-13-19-47(51)49-35-53-50(36-52(49)56)55-48(33-38(37-58(5)6)34-54(55)57(53,3)4)43-23-21-40(22-24-43)42-27-31-46(32-28-42)59(44-17-11-8-12-18-44)45-29-25-41(26-30-45)39-15-9-7-10-16-39/h7-9,11-15,17-36H,10,16,37H2,1-6H3. The molecule has 3 aliphatic carbocycles. The van der Waals surface area contributed by atoms with Gasteiger partial charge in [0.25, 0.3) is 0 Å². The fourth-order valence-corrected chi connectivity index (χ4v) is 12.3. The first-order chi connectivity index (χ1) is 28.6. The van der Waals surface area contributed by atoms with Crippen LogP contribution in [0, 0.1) is 0 Å². The number of hydrogen-bond acceptors (Lipinski definition) is 1. The van der Waals surface area contributed by atoms with Gasteiger partial charge in [-0.25, -0.2) is 0 Å². The summed E-state index contributed by atoms with van der Waals surface area (Å²) < 4.78 is 1.22. The number of halogens is 1. The predicted molar refractivity (Wildman–Crippen MR) is 263 cm³/mol. The van der Waals surface area contributed by atoms with Crippen LogP contribution >= 0.6 is 19.8 Å². The molecule has 2 heteroatoms. The maximum absolute atomic E-state index is 2.56. The van der Waals surface area contributed by atoms with Crippen molar-refractivity contribution in [1.82, 2.24) is 0 Å². The minimum atomic E-state index is -1.02. The van der Waals surface area contributed by atoms with Crippen molar-refractivity contribution >= 4 is 42.5 Å². The molecule has 0 amide bonds. The molecule has 0 atom stereocenters. The van der Waals surface area contributed by atoms with Gasteiger partial charge in [0.05, 0.1) is 0 Å². The zero-order valence-corrected chi connectivity index (χ0v) is 37.3. The number of nitrogens with zero attached hydrogens (tertiary/aromatic N) is 1. The molecule has 0 heterocycles. The van der Waals surface area contributed by atoms with Crippen LogP contribution < -0.4 is 4.90 Å². The van der Waals surface area contributed by atoms with E-state index >= 15 is 0 Å². The molecule has 0 aliphatic heterocycles. The van der Waals surface area contributed by atoms with E-state index in [1.165, 1.54) is 87.9 Å². The third kappa shape index (κ3) is 6.52. The van der Waals surface area contributed by atoms with Crippen LogP contribution in [-0.4, -0.2) is 9.86 Å². The molecule has 0 N–H and O–H groups in total. The van der Waals surface area contributed by atoms with E-state index in [2.05, 4.69) is 212 Å². The summed E-state index contributed by atoms with van der Waals surface area (Å²) >= 11 is -1.02. The van der Waals surface area contributed by atoms with Gasteiger partial charge in [0, 0.05) is 11.4 Å². The Morgan fingerprint density at radius 1 is 0.492 bits per heavy atom. The molecule has 0 unspecified atom stereocenters. The fraction of sp³-hybridized carbons (Fsp3) is 0.193. The van der Waals surface area contributed by atoms with E-state index in [0.717, 1.165) is 29.9 Å². The van der Waals surface area contributed by atoms with Crippen molar-refractivity contribution in [2.45, 2.75) is 55.8 Å². The molecule has 292 valence electrons. The second-order valence-electron chi connectivity index (χ2n) is 17.9. The van der Waals surface area contributed by atoms with Gasteiger partial charge >= 0.3 is 248 Å². The van der Waals surface area contributed by atoms with Gasteiger partial charge in [0.15, 0.2) is 0 Å². The number of alkyl halides is 3. The molecule has 0 saturated heterocycles. The quantitative estimate of drug-likeness (QED) is 0.109. The van der Waals surface area contributed by atoms with Crippen LogP contribution in [0.4, 0.5) is 17.1 Å². The summed E-state index contributed by atoms with van der Waals surface area (Å²) in [6.45, 7) is 9.70. The first-order valence-electron chi connectivity index (χ1n) is 21.0. The van der Waals surface area contributed by atoms with E-state index in [1.54, 1.807) is 0 Å². The molecule has 3 aliphatic rings. The van der Waals surface area contributed by atoms with E-state index in [9.17, 15) is 0 Å². The zero-order chi connectivity index (χ0) is 40.5. The molecular formula is C57H52IN. The van der Waals surface area contributed by atoms with Gasteiger partial charge in [-0.15, -0.1) is 0 Å². The van der Waals surface area contributed by atoms with E-state index in [0.29, 0.717) is 0 Å². The summed E-state index contributed by atoms with van der Waals surface area (Å²) in [5, 5.41) is 0. The summed E-state index contributed by atoms with van der Waals surface area (Å²) in [4.78, 5) is 7.34. The average Bonchev–Trinajstić information content (AvgIpc) is 3.62. The van der Waals surface area contributed by atoms with Gasteiger partial charge in [-0.1, -0.05) is 48.6 Å². The SMILES string of the molecule is CI(C)Cc1cc(-c2ccc(-c3ccc(N(c4ccccc4)c4ccc(C5=CC=CCC5)cc4)cc3)cc2)c2c(c1)C(C)(C)c1cc3c(cc1-2)C(C)(C)c1ccccc1-3. The Morgan fingerprint density at radius 2 is 1.05 bits per heavy atom. The number of hydrogen-bond donors (Lipinski definition) is 0. The number of anilines is 3. The van der Waals surface area contributed by atoms with Crippen molar-refractivity contribution < 1.29 is 0 Å². The Balaban J connectivity index is 1.01. The van der Waals surface area contributed by atoms with Gasteiger partial charge in [-0.05, 0) is 48.2 Å². The van der Waals surface area contributed by atoms with Crippen LogP contribution in [0.2, 0.25) is 0 Å². The third-order valence-corrected chi connectivity index (χ3v) is 15.5. The second kappa shape index (κ2) is 14.7. The Hall–Kier alpha value is -5.45. The minimum absolute atomic E-state index is 0.0393. The Labute approximate surface area is 358 Å². The van der Waals surface area contributed by atoms with Crippen molar-refractivity contribution in [2.24, 2.45) is 0 Å². The third-order valence-electron chi connectivity index (χ3n) is 13.1. The molecule has 0 saturated carbocycles. The topological polar surface area (TPSA) is 3.24 Å². The van der Waals surface area contributed by atoms with Crippen molar-refractivity contribution in [2.75, 3.05) is 14.8 Å². The van der Waals surface area contributed by atoms with Crippen LogP contribution in [0.5, 0.6) is 0 Å². The Morgan fingerprint density at radius 3 is 1.71 bits per heavy atom. The Bertz CT molecular complexity index is 2780. The van der Waals surface area contributed by atoms with Gasteiger partial charge in [0.1, 0.15) is 0 Å². The van der Waals surface area contributed by atoms with E-state index in [1.807, 2.05) is 0 Å². The molecule has 1 nitrogen and oxygen atoms in total. The Kier molecular flexibility index (Phi) is 9.40. The molecule has 0 radical (unpaired) electrons. The summed E-state index contributed by atoms with van der Waals surface area (Å²) in [6.07, 6.45) is 8.88. The summed E-state index contributed by atoms with van der Waals surface area (Å²) in [6, 6.07) is 57.5. The fourth-order valence-electron chi connectivity index (χ4n) is 10.1. The molecule has 7 aromatic carbocycles. The first kappa shape index (κ1) is 37.8. The number of rotatable bonds is 8. The van der Waals surface area contributed by atoms with Gasteiger partial charge in [0.2, 0.25) is 0 Å². The van der Waals surface area contributed by atoms with Crippen LogP contribution in [0.3, 0.4) is 0 Å².